The lowest BCUT2D eigenvalue weighted by Crippen LogP contribution is -2.72. The largest absolute Gasteiger partial charge is 0.437 e. The number of pyridine rings is 1. The molecular formula is C16H14F3N3O3S. The zero-order valence-electron chi connectivity index (χ0n) is 13.4. The fourth-order valence-electron chi connectivity index (χ4n) is 3.02. The van der Waals surface area contributed by atoms with Gasteiger partial charge < -0.3 is 10.4 Å². The van der Waals surface area contributed by atoms with Crippen LogP contribution in [0.5, 0.6) is 0 Å². The summed E-state index contributed by atoms with van der Waals surface area (Å²) in [7, 11) is 0.803. The first-order chi connectivity index (χ1) is 12.2. The van der Waals surface area contributed by atoms with Crippen LogP contribution < -0.4 is 5.32 Å². The van der Waals surface area contributed by atoms with Crippen molar-refractivity contribution < 1.29 is 27.9 Å². The standard InChI is InChI=1S/C16H14F3N3O3S/c1-22-14(24)21-12(9-4-2-6-20-8-9)11(15(22,25)16(17,18)19)13(23)10-5-3-7-26-10/h2-8,11-12,25H,1H3,(H,21,24)/t11-,12+,15-/m0/s1. The van der Waals surface area contributed by atoms with Crippen molar-refractivity contribution in [2.24, 2.45) is 5.92 Å². The van der Waals surface area contributed by atoms with E-state index in [9.17, 15) is 27.9 Å². The zero-order chi connectivity index (χ0) is 19.1. The molecule has 2 N–H and O–H groups in total. The molecule has 0 aromatic carbocycles. The van der Waals surface area contributed by atoms with Crippen molar-refractivity contribution >= 4 is 23.2 Å². The van der Waals surface area contributed by atoms with E-state index < -0.39 is 35.7 Å². The Bertz CT molecular complexity index is 813. The molecule has 0 spiro atoms. The molecule has 1 fully saturated rings. The highest BCUT2D eigenvalue weighted by Crippen LogP contribution is 2.47. The fraction of sp³-hybridized carbons (Fsp3) is 0.312. The van der Waals surface area contributed by atoms with E-state index in [-0.39, 0.29) is 15.3 Å². The topological polar surface area (TPSA) is 82.5 Å². The van der Waals surface area contributed by atoms with Crippen LogP contribution in [0.15, 0.2) is 42.0 Å². The number of aliphatic hydroxyl groups is 1. The molecule has 10 heteroatoms. The Morgan fingerprint density at radius 3 is 2.65 bits per heavy atom. The third kappa shape index (κ3) is 2.74. The number of ketones is 1. The van der Waals surface area contributed by atoms with Crippen LogP contribution in [0.25, 0.3) is 0 Å². The van der Waals surface area contributed by atoms with Crippen LogP contribution in [0.1, 0.15) is 21.3 Å². The Morgan fingerprint density at radius 1 is 1.38 bits per heavy atom. The molecule has 2 aromatic heterocycles. The van der Waals surface area contributed by atoms with Crippen LogP contribution in [0.4, 0.5) is 18.0 Å². The van der Waals surface area contributed by atoms with E-state index in [0.29, 0.717) is 0 Å². The number of nitrogens with one attached hydrogen (secondary N) is 1. The summed E-state index contributed by atoms with van der Waals surface area (Å²) in [6, 6.07) is 3.27. The van der Waals surface area contributed by atoms with E-state index in [4.69, 9.17) is 0 Å². The second-order valence-corrected chi connectivity index (χ2v) is 6.76. The van der Waals surface area contributed by atoms with Gasteiger partial charge in [0, 0.05) is 19.4 Å². The molecule has 0 aliphatic carbocycles. The average Bonchev–Trinajstić information content (AvgIpc) is 3.13. The number of amides is 2. The van der Waals surface area contributed by atoms with Gasteiger partial charge in [-0.15, -0.1) is 11.3 Å². The lowest BCUT2D eigenvalue weighted by atomic mass is 9.78. The monoisotopic (exact) mass is 385 g/mol. The SMILES string of the molecule is CN1C(=O)N[C@H](c2cccnc2)[C@@H](C(=O)c2cccs2)[C@]1(O)C(F)(F)F. The van der Waals surface area contributed by atoms with Crippen LogP contribution in [0, 0.1) is 5.92 Å². The molecule has 6 nitrogen and oxygen atoms in total. The van der Waals surface area contributed by atoms with Crippen molar-refractivity contribution in [3.8, 4) is 0 Å². The molecule has 0 bridgehead atoms. The Hall–Kier alpha value is -2.46. The lowest BCUT2D eigenvalue weighted by Gasteiger charge is -2.49. The van der Waals surface area contributed by atoms with Gasteiger partial charge in [-0.1, -0.05) is 12.1 Å². The molecule has 2 aromatic rings. The Balaban J connectivity index is 2.20. The number of hydrogen-bond donors (Lipinski definition) is 2. The first-order valence-corrected chi connectivity index (χ1v) is 8.37. The van der Waals surface area contributed by atoms with E-state index in [1.165, 1.54) is 36.7 Å². The van der Waals surface area contributed by atoms with Crippen LogP contribution in [0.3, 0.4) is 0 Å². The number of rotatable bonds is 3. The number of nitrogens with zero attached hydrogens (tertiary/aromatic N) is 2. The van der Waals surface area contributed by atoms with Crippen LogP contribution in [0.2, 0.25) is 0 Å². The van der Waals surface area contributed by atoms with Gasteiger partial charge in [0.25, 0.3) is 5.72 Å². The highest BCUT2D eigenvalue weighted by atomic mass is 32.1. The van der Waals surface area contributed by atoms with Crippen LogP contribution in [-0.4, -0.2) is 45.8 Å². The Morgan fingerprint density at radius 2 is 2.12 bits per heavy atom. The molecule has 1 aliphatic rings. The first kappa shape index (κ1) is 18.3. The summed E-state index contributed by atoms with van der Waals surface area (Å²) in [5, 5.41) is 14.5. The Labute approximate surface area is 150 Å². The van der Waals surface area contributed by atoms with E-state index in [1.54, 1.807) is 5.38 Å². The van der Waals surface area contributed by atoms with Crippen molar-refractivity contribution in [1.82, 2.24) is 15.2 Å². The minimum atomic E-state index is -5.25. The van der Waals surface area contributed by atoms with Gasteiger partial charge in [-0.25, -0.2) is 4.79 Å². The molecule has 3 heterocycles. The quantitative estimate of drug-likeness (QED) is 0.796. The summed E-state index contributed by atoms with van der Waals surface area (Å²) in [5.41, 5.74) is -3.48. The van der Waals surface area contributed by atoms with Gasteiger partial charge in [-0.2, -0.15) is 13.2 Å². The molecule has 138 valence electrons. The number of urea groups is 1. The fourth-order valence-corrected chi connectivity index (χ4v) is 3.72. The molecule has 26 heavy (non-hydrogen) atoms. The molecular weight excluding hydrogens is 371 g/mol. The molecule has 1 aliphatic heterocycles. The van der Waals surface area contributed by atoms with Gasteiger partial charge in [0.2, 0.25) is 0 Å². The minimum Gasteiger partial charge on any atom is -0.363 e. The summed E-state index contributed by atoms with van der Waals surface area (Å²) >= 11 is 0.960. The highest BCUT2D eigenvalue weighted by Gasteiger charge is 2.69. The Kier molecular flexibility index (Phi) is 4.49. The second kappa shape index (κ2) is 6.36. The number of aromatic nitrogens is 1. The molecule has 3 atom stereocenters. The summed E-state index contributed by atoms with van der Waals surface area (Å²) in [6.45, 7) is 0. The van der Waals surface area contributed by atoms with Crippen LogP contribution >= 0.6 is 11.3 Å². The van der Waals surface area contributed by atoms with E-state index in [1.807, 2.05) is 0 Å². The highest BCUT2D eigenvalue weighted by molar-refractivity contribution is 7.12. The molecule has 2 amide bonds. The predicted molar refractivity (Wildman–Crippen MR) is 86.4 cm³/mol. The smallest absolute Gasteiger partial charge is 0.363 e. The van der Waals surface area contributed by atoms with Crippen molar-refractivity contribution in [3.05, 3.63) is 52.5 Å². The summed E-state index contributed by atoms with van der Waals surface area (Å²) < 4.78 is 41.6. The van der Waals surface area contributed by atoms with Crippen molar-refractivity contribution in [3.63, 3.8) is 0 Å². The number of hydrogen-bond acceptors (Lipinski definition) is 5. The molecule has 0 unspecified atom stereocenters. The summed E-state index contributed by atoms with van der Waals surface area (Å²) in [5.74, 6) is -2.92. The van der Waals surface area contributed by atoms with Gasteiger partial charge in [0.1, 0.15) is 5.92 Å². The molecule has 3 rings (SSSR count). The van der Waals surface area contributed by atoms with Crippen molar-refractivity contribution in [2.45, 2.75) is 17.9 Å². The van der Waals surface area contributed by atoms with E-state index in [2.05, 4.69) is 10.3 Å². The third-order valence-electron chi connectivity index (χ3n) is 4.37. The van der Waals surface area contributed by atoms with Gasteiger partial charge >= 0.3 is 12.2 Å². The number of alkyl halides is 3. The maximum absolute atomic E-state index is 13.9. The zero-order valence-corrected chi connectivity index (χ0v) is 14.2. The average molecular weight is 385 g/mol. The third-order valence-corrected chi connectivity index (χ3v) is 5.25. The van der Waals surface area contributed by atoms with Crippen molar-refractivity contribution in [2.75, 3.05) is 7.05 Å². The normalized spacial score (nSPS) is 26.5. The molecule has 0 saturated carbocycles. The lowest BCUT2D eigenvalue weighted by molar-refractivity contribution is -0.322. The summed E-state index contributed by atoms with van der Waals surface area (Å²) in [4.78, 5) is 29.0. The molecule has 0 radical (unpaired) electrons. The minimum absolute atomic E-state index is 0.0520. The van der Waals surface area contributed by atoms with E-state index >= 15 is 0 Å². The van der Waals surface area contributed by atoms with Gasteiger partial charge in [-0.05, 0) is 23.1 Å². The van der Waals surface area contributed by atoms with Crippen LogP contribution in [-0.2, 0) is 0 Å². The van der Waals surface area contributed by atoms with E-state index in [0.717, 1.165) is 18.4 Å². The first-order valence-electron chi connectivity index (χ1n) is 7.49. The number of carbonyl (C=O) groups is 2. The number of carbonyl (C=O) groups excluding carboxylic acids is 2. The second-order valence-electron chi connectivity index (χ2n) is 5.82. The maximum atomic E-state index is 13.9. The number of halogens is 3. The maximum Gasteiger partial charge on any atom is 0.437 e. The van der Waals surface area contributed by atoms with Gasteiger partial charge in [0.15, 0.2) is 5.78 Å². The number of Topliss-reactive ketones (excluding diaryl/α,β-unsaturated/α-hetero) is 1. The van der Waals surface area contributed by atoms with Crippen molar-refractivity contribution in [1.29, 1.82) is 0 Å². The summed E-state index contributed by atoms with van der Waals surface area (Å²) in [6.07, 6.45) is -2.59. The van der Waals surface area contributed by atoms with Gasteiger partial charge in [-0.3, -0.25) is 14.7 Å². The number of thiophene rings is 1. The molecule has 1 saturated heterocycles. The predicted octanol–water partition coefficient (Wildman–Crippen LogP) is 2.59. The van der Waals surface area contributed by atoms with Gasteiger partial charge in [0.05, 0.1) is 10.9 Å².